The first kappa shape index (κ1) is 22.0. The topological polar surface area (TPSA) is 163 Å². The number of phenolic OH excluding ortho intramolecular Hbond substituents is 1. The molecule has 1 fully saturated rings. The Labute approximate surface area is 156 Å². The average Bonchev–Trinajstić information content (AvgIpc) is 2.59. The van der Waals surface area contributed by atoms with Crippen LogP contribution in [0, 0.1) is 0 Å². The van der Waals surface area contributed by atoms with Crippen LogP contribution in [0.3, 0.4) is 0 Å². The highest BCUT2D eigenvalue weighted by molar-refractivity contribution is 7.80. The predicted octanol–water partition coefficient (Wildman–Crippen LogP) is -0.643. The van der Waals surface area contributed by atoms with Crippen molar-refractivity contribution in [1.82, 2.24) is 0 Å². The Morgan fingerprint density at radius 3 is 2.37 bits per heavy atom. The number of rotatable bonds is 8. The number of hydrogen-bond acceptors (Lipinski definition) is 9. The second-order valence-corrected chi connectivity index (χ2v) is 7.39. The zero-order valence-corrected chi connectivity index (χ0v) is 15.4. The molecule has 1 aromatic carbocycles. The lowest BCUT2D eigenvalue weighted by atomic mass is 9.99. The second-order valence-electron chi connectivity index (χ2n) is 6.35. The summed E-state index contributed by atoms with van der Waals surface area (Å²) in [6.07, 6.45) is -7.17. The molecule has 0 amide bonds. The third-order valence-electron chi connectivity index (χ3n) is 4.20. The quantitative estimate of drug-likeness (QED) is 0.350. The Balaban J connectivity index is 1.99. The zero-order valence-electron chi connectivity index (χ0n) is 14.6. The van der Waals surface area contributed by atoms with Crippen molar-refractivity contribution in [2.75, 3.05) is 6.61 Å². The van der Waals surface area contributed by atoms with Crippen molar-refractivity contribution in [1.29, 1.82) is 0 Å². The summed E-state index contributed by atoms with van der Waals surface area (Å²) >= 11 is 0. The second kappa shape index (κ2) is 9.26. The highest BCUT2D eigenvalue weighted by Gasteiger charge is 2.48. The van der Waals surface area contributed by atoms with E-state index < -0.39 is 53.8 Å². The minimum absolute atomic E-state index is 0.153. The van der Waals surface area contributed by atoms with Crippen LogP contribution in [0.1, 0.15) is 18.9 Å². The fraction of sp³-hybridized carbons (Fsp3) is 0.625. The normalized spacial score (nSPS) is 30.2. The minimum Gasteiger partial charge on any atom is -0.508 e. The Morgan fingerprint density at radius 2 is 1.81 bits per heavy atom. The number of phenols is 1. The lowest BCUT2D eigenvalue weighted by Gasteiger charge is -2.41. The van der Waals surface area contributed by atoms with E-state index in [9.17, 15) is 28.8 Å². The molecule has 0 bridgehead atoms. The molecule has 154 valence electrons. The molecule has 1 aliphatic rings. The van der Waals surface area contributed by atoms with Gasteiger partial charge in [-0.1, -0.05) is 12.1 Å². The lowest BCUT2D eigenvalue weighted by molar-refractivity contribution is -0.306. The van der Waals surface area contributed by atoms with Crippen molar-refractivity contribution in [2.24, 2.45) is 0 Å². The number of aliphatic hydroxyl groups excluding tert-OH is 3. The van der Waals surface area contributed by atoms with Gasteiger partial charge in [-0.25, -0.2) is 4.18 Å². The molecule has 0 radical (unpaired) electrons. The summed E-state index contributed by atoms with van der Waals surface area (Å²) in [6, 6.07) is 6.61. The first-order valence-electron chi connectivity index (χ1n) is 8.32. The highest BCUT2D eigenvalue weighted by Crippen LogP contribution is 2.26. The molecule has 27 heavy (non-hydrogen) atoms. The zero-order chi connectivity index (χ0) is 20.2. The Kier molecular flexibility index (Phi) is 7.54. The van der Waals surface area contributed by atoms with E-state index in [2.05, 4.69) is 4.18 Å². The number of aromatic hydroxyl groups is 1. The van der Waals surface area contributed by atoms with Gasteiger partial charge in [-0.15, -0.1) is 0 Å². The number of benzene rings is 1. The van der Waals surface area contributed by atoms with E-state index in [1.165, 1.54) is 0 Å². The molecule has 10 nitrogen and oxygen atoms in total. The van der Waals surface area contributed by atoms with Crippen molar-refractivity contribution in [2.45, 2.75) is 56.6 Å². The Morgan fingerprint density at radius 1 is 1.19 bits per heavy atom. The molecular formula is C16H24O10S. The van der Waals surface area contributed by atoms with Gasteiger partial charge in [0, 0.05) is 0 Å². The largest absolute Gasteiger partial charge is 0.508 e. The Bertz CT molecular complexity index is 692. The lowest BCUT2D eigenvalue weighted by Crippen LogP contribution is -2.60. The van der Waals surface area contributed by atoms with E-state index in [-0.39, 0.29) is 5.75 Å². The molecule has 0 aromatic heterocycles. The fourth-order valence-electron chi connectivity index (χ4n) is 2.75. The van der Waals surface area contributed by atoms with Crippen LogP contribution in [0.15, 0.2) is 24.3 Å². The van der Waals surface area contributed by atoms with Gasteiger partial charge in [-0.3, -0.25) is 4.55 Å². The molecule has 0 unspecified atom stereocenters. The molecule has 1 aromatic rings. The van der Waals surface area contributed by atoms with Gasteiger partial charge in [-0.05, 0) is 37.5 Å². The molecule has 0 spiro atoms. The SMILES string of the molecule is C[C@H](CCc1ccc(O)cc1)O[C@@H]1O[C@H](CO)[C@@H](O)[C@H](OS(=O)(=O)O)[C@H]1O. The van der Waals surface area contributed by atoms with Crippen LogP contribution in [0.4, 0.5) is 0 Å². The maximum atomic E-state index is 10.9. The summed E-state index contributed by atoms with van der Waals surface area (Å²) in [7, 11) is -4.96. The Hall–Kier alpha value is -1.31. The van der Waals surface area contributed by atoms with E-state index in [1.54, 1.807) is 31.2 Å². The number of ether oxygens (including phenoxy) is 2. The van der Waals surface area contributed by atoms with Crippen molar-refractivity contribution in [3.05, 3.63) is 29.8 Å². The summed E-state index contributed by atoms with van der Waals surface area (Å²) in [5.74, 6) is 0.153. The predicted molar refractivity (Wildman–Crippen MR) is 91.2 cm³/mol. The number of hydrogen-bond donors (Lipinski definition) is 5. The fourth-order valence-corrected chi connectivity index (χ4v) is 3.26. The average molecular weight is 408 g/mol. The molecule has 6 atom stereocenters. The first-order valence-corrected chi connectivity index (χ1v) is 9.68. The van der Waals surface area contributed by atoms with Gasteiger partial charge in [-0.2, -0.15) is 8.42 Å². The summed E-state index contributed by atoms with van der Waals surface area (Å²) < 4.78 is 45.9. The van der Waals surface area contributed by atoms with Gasteiger partial charge < -0.3 is 29.9 Å². The van der Waals surface area contributed by atoms with Gasteiger partial charge in [0.1, 0.15) is 30.2 Å². The van der Waals surface area contributed by atoms with E-state index >= 15 is 0 Å². The molecule has 2 rings (SSSR count). The van der Waals surface area contributed by atoms with Gasteiger partial charge in [0.25, 0.3) is 0 Å². The smallest absolute Gasteiger partial charge is 0.397 e. The summed E-state index contributed by atoms with van der Waals surface area (Å²) in [6.45, 7) is 1.02. The third kappa shape index (κ3) is 6.36. The minimum atomic E-state index is -4.96. The molecule has 1 saturated heterocycles. The summed E-state index contributed by atoms with van der Waals surface area (Å²) in [4.78, 5) is 0. The van der Waals surface area contributed by atoms with Gasteiger partial charge in [0.2, 0.25) is 0 Å². The third-order valence-corrected chi connectivity index (χ3v) is 4.66. The molecular weight excluding hydrogens is 384 g/mol. The van der Waals surface area contributed by atoms with Crippen LogP contribution in [0.2, 0.25) is 0 Å². The van der Waals surface area contributed by atoms with E-state index in [0.717, 1.165) is 5.56 Å². The number of aliphatic hydroxyl groups is 3. The van der Waals surface area contributed by atoms with Crippen LogP contribution in [-0.2, 0) is 30.5 Å². The van der Waals surface area contributed by atoms with Crippen LogP contribution in [0.5, 0.6) is 5.75 Å². The van der Waals surface area contributed by atoms with Crippen molar-refractivity contribution in [3.8, 4) is 5.75 Å². The van der Waals surface area contributed by atoms with Crippen LogP contribution in [0.25, 0.3) is 0 Å². The van der Waals surface area contributed by atoms with Crippen molar-refractivity contribution < 1.29 is 47.1 Å². The van der Waals surface area contributed by atoms with E-state index in [0.29, 0.717) is 12.8 Å². The maximum absolute atomic E-state index is 10.9. The molecule has 5 N–H and O–H groups in total. The molecule has 0 saturated carbocycles. The van der Waals surface area contributed by atoms with Crippen molar-refractivity contribution in [3.63, 3.8) is 0 Å². The molecule has 11 heteroatoms. The number of aryl methyl sites for hydroxylation is 1. The van der Waals surface area contributed by atoms with Gasteiger partial charge in [0.05, 0.1) is 12.7 Å². The first-order chi connectivity index (χ1) is 12.6. The van der Waals surface area contributed by atoms with Crippen LogP contribution in [-0.4, -0.2) is 76.8 Å². The van der Waals surface area contributed by atoms with Crippen LogP contribution < -0.4 is 0 Å². The van der Waals surface area contributed by atoms with E-state index in [1.807, 2.05) is 0 Å². The van der Waals surface area contributed by atoms with Gasteiger partial charge >= 0.3 is 10.4 Å². The van der Waals surface area contributed by atoms with E-state index in [4.69, 9.17) is 14.0 Å². The molecule has 1 aliphatic heterocycles. The summed E-state index contributed by atoms with van der Waals surface area (Å²) in [5.41, 5.74) is 0.949. The molecule has 0 aliphatic carbocycles. The standard InChI is InChI=1S/C16H24O10S/c1-9(2-3-10-4-6-11(18)7-5-10)24-16-14(20)15(26-27(21,22)23)13(19)12(8-17)25-16/h4-7,9,12-20H,2-3,8H2,1H3,(H,21,22,23)/t9-,12-,13-,14-,15+,16-/m1/s1. The highest BCUT2D eigenvalue weighted by atomic mass is 32.3. The van der Waals surface area contributed by atoms with Crippen LogP contribution >= 0.6 is 0 Å². The van der Waals surface area contributed by atoms with Crippen molar-refractivity contribution >= 4 is 10.4 Å². The monoisotopic (exact) mass is 408 g/mol. The van der Waals surface area contributed by atoms with Gasteiger partial charge in [0.15, 0.2) is 6.29 Å². The molecule has 1 heterocycles. The summed E-state index contributed by atoms with van der Waals surface area (Å²) in [5, 5.41) is 38.7. The maximum Gasteiger partial charge on any atom is 0.397 e.